The van der Waals surface area contributed by atoms with E-state index in [0.717, 1.165) is 59.3 Å². The van der Waals surface area contributed by atoms with Gasteiger partial charge in [0.05, 0.1) is 19.8 Å². The molecule has 2 N–H and O–H groups in total. The van der Waals surface area contributed by atoms with Crippen molar-refractivity contribution in [2.75, 3.05) is 20.3 Å². The lowest BCUT2D eigenvalue weighted by molar-refractivity contribution is -0.144. The molecule has 2 aromatic carbocycles. The van der Waals surface area contributed by atoms with E-state index in [1.54, 1.807) is 7.11 Å². The monoisotopic (exact) mass is 534 g/mol. The van der Waals surface area contributed by atoms with Crippen LogP contribution in [-0.2, 0) is 11.2 Å². The van der Waals surface area contributed by atoms with Crippen molar-refractivity contribution in [3.8, 4) is 11.5 Å². The molecule has 6 heteroatoms. The summed E-state index contributed by atoms with van der Waals surface area (Å²) in [6.45, 7) is 5.84. The molecule has 0 saturated carbocycles. The zero-order valence-corrected chi connectivity index (χ0v) is 24.0. The Morgan fingerprint density at radius 2 is 1.67 bits per heavy atom. The summed E-state index contributed by atoms with van der Waals surface area (Å²) in [6.07, 6.45) is 12.1. The van der Waals surface area contributed by atoms with Crippen LogP contribution in [0.25, 0.3) is 10.9 Å². The summed E-state index contributed by atoms with van der Waals surface area (Å²) in [5.41, 5.74) is 4.27. The minimum absolute atomic E-state index is 0.203. The number of rotatable bonds is 16. The highest BCUT2D eigenvalue weighted by Crippen LogP contribution is 2.43. The Morgan fingerprint density at radius 3 is 2.38 bits per heavy atom. The van der Waals surface area contributed by atoms with Crippen LogP contribution in [0.3, 0.4) is 0 Å². The molecular weight excluding hydrogens is 488 g/mol. The van der Waals surface area contributed by atoms with E-state index in [9.17, 15) is 9.90 Å². The van der Waals surface area contributed by atoms with Crippen molar-refractivity contribution in [2.45, 2.75) is 96.6 Å². The predicted molar refractivity (Wildman–Crippen MR) is 158 cm³/mol. The number of carboxylic acid groups (broad SMARTS) is 1. The Balaban J connectivity index is 1.66. The normalized spacial score (nSPS) is 17.3. The molecular formula is C33H46N2O4. The third-order valence-electron chi connectivity index (χ3n) is 8.06. The van der Waals surface area contributed by atoms with Crippen LogP contribution < -0.4 is 9.47 Å². The molecule has 0 bridgehead atoms. The van der Waals surface area contributed by atoms with Crippen LogP contribution in [0.4, 0.5) is 0 Å². The quantitative estimate of drug-likeness (QED) is 0.183. The fourth-order valence-electron chi connectivity index (χ4n) is 5.96. The van der Waals surface area contributed by atoms with Crippen LogP contribution in [-0.4, -0.2) is 47.3 Å². The molecule has 0 saturated heterocycles. The molecule has 1 aromatic heterocycles. The van der Waals surface area contributed by atoms with Gasteiger partial charge in [0.25, 0.3) is 0 Å². The first-order chi connectivity index (χ1) is 19.1. The third-order valence-corrected chi connectivity index (χ3v) is 8.06. The highest BCUT2D eigenvalue weighted by atomic mass is 16.5. The molecule has 4 rings (SSSR count). The van der Waals surface area contributed by atoms with E-state index in [1.807, 2.05) is 24.3 Å². The number of hydrogen-bond donors (Lipinski definition) is 2. The largest absolute Gasteiger partial charge is 0.493 e. The second-order valence-corrected chi connectivity index (χ2v) is 10.8. The molecule has 1 aliphatic heterocycles. The summed E-state index contributed by atoms with van der Waals surface area (Å²) in [5.74, 6) is 0.670. The predicted octanol–water partition coefficient (Wildman–Crippen LogP) is 7.90. The smallest absolute Gasteiger partial charge is 0.321 e. The van der Waals surface area contributed by atoms with Crippen molar-refractivity contribution in [1.29, 1.82) is 0 Å². The number of nitrogens with one attached hydrogen (secondary N) is 1. The Morgan fingerprint density at radius 1 is 0.949 bits per heavy atom. The van der Waals surface area contributed by atoms with E-state index in [2.05, 4.69) is 41.9 Å². The Hall–Kier alpha value is -2.99. The standard InChI is InChI=1S/C33H46N2O4/c1-4-6-8-10-14-20-35-28(33(36)37)23-26-25-16-12-13-17-27(25)34-31(26)32(35)24-18-19-29(30(22-24)38-3)39-21-15-11-9-7-5-2/h12-13,16-19,22,28,32,34H,4-11,14-15,20-21,23H2,1-3H3,(H,36,37)/t28-,32-/m0/s1. The van der Waals surface area contributed by atoms with Gasteiger partial charge in [0, 0.05) is 23.0 Å². The number of carboxylic acids is 1. The highest BCUT2D eigenvalue weighted by Gasteiger charge is 2.40. The van der Waals surface area contributed by atoms with E-state index in [0.29, 0.717) is 18.8 Å². The molecule has 0 radical (unpaired) electrons. The van der Waals surface area contributed by atoms with Gasteiger partial charge in [-0.25, -0.2) is 0 Å². The number of fused-ring (bicyclic) bond motifs is 3. The molecule has 39 heavy (non-hydrogen) atoms. The maximum atomic E-state index is 12.6. The number of benzene rings is 2. The lowest BCUT2D eigenvalue weighted by Gasteiger charge is -2.40. The zero-order chi connectivity index (χ0) is 27.6. The minimum Gasteiger partial charge on any atom is -0.493 e. The van der Waals surface area contributed by atoms with E-state index < -0.39 is 12.0 Å². The van der Waals surface area contributed by atoms with Crippen molar-refractivity contribution < 1.29 is 19.4 Å². The van der Waals surface area contributed by atoms with Crippen molar-refractivity contribution in [3.63, 3.8) is 0 Å². The molecule has 2 atom stereocenters. The fourth-order valence-corrected chi connectivity index (χ4v) is 5.96. The number of aromatic nitrogens is 1. The Kier molecular flexibility index (Phi) is 10.7. The van der Waals surface area contributed by atoms with Gasteiger partial charge in [-0.3, -0.25) is 9.69 Å². The topological polar surface area (TPSA) is 74.8 Å². The molecule has 0 aliphatic carbocycles. The number of methoxy groups -OCH3 is 1. The Bertz CT molecular complexity index is 1200. The second kappa shape index (κ2) is 14.4. The van der Waals surface area contributed by atoms with Crippen LogP contribution in [0.15, 0.2) is 42.5 Å². The van der Waals surface area contributed by atoms with E-state index >= 15 is 0 Å². The molecule has 2 heterocycles. The van der Waals surface area contributed by atoms with Crippen LogP contribution in [0, 0.1) is 0 Å². The lowest BCUT2D eigenvalue weighted by atomic mass is 9.87. The third kappa shape index (κ3) is 6.96. The van der Waals surface area contributed by atoms with Crippen LogP contribution >= 0.6 is 0 Å². The molecule has 0 amide bonds. The number of aliphatic carboxylic acids is 1. The van der Waals surface area contributed by atoms with E-state index in [1.165, 1.54) is 44.9 Å². The van der Waals surface area contributed by atoms with Gasteiger partial charge >= 0.3 is 5.97 Å². The van der Waals surface area contributed by atoms with Crippen molar-refractivity contribution in [3.05, 3.63) is 59.3 Å². The first kappa shape index (κ1) is 29.0. The number of unbranched alkanes of at least 4 members (excludes halogenated alkanes) is 8. The number of nitrogens with zero attached hydrogens (tertiary/aromatic N) is 1. The molecule has 1 aliphatic rings. The SMILES string of the molecule is CCCCCCCOc1ccc([C@H]2c3[nH]c4ccccc4c3C[C@@H](C(=O)O)N2CCCCCCC)cc1OC. The number of hydrogen-bond acceptors (Lipinski definition) is 4. The van der Waals surface area contributed by atoms with Gasteiger partial charge < -0.3 is 19.6 Å². The van der Waals surface area contributed by atoms with Gasteiger partial charge in [0.15, 0.2) is 11.5 Å². The first-order valence-electron chi connectivity index (χ1n) is 15.0. The van der Waals surface area contributed by atoms with Crippen molar-refractivity contribution >= 4 is 16.9 Å². The molecule has 212 valence electrons. The van der Waals surface area contributed by atoms with Gasteiger partial charge in [-0.15, -0.1) is 0 Å². The number of para-hydroxylation sites is 1. The molecule has 3 aromatic rings. The number of aromatic amines is 1. The van der Waals surface area contributed by atoms with Crippen molar-refractivity contribution in [2.24, 2.45) is 0 Å². The van der Waals surface area contributed by atoms with Crippen LogP contribution in [0.2, 0.25) is 0 Å². The summed E-state index contributed by atoms with van der Waals surface area (Å²) in [5, 5.41) is 11.5. The number of H-pyrrole nitrogens is 1. The lowest BCUT2D eigenvalue weighted by Crippen LogP contribution is -2.49. The van der Waals surface area contributed by atoms with Crippen LogP contribution in [0.5, 0.6) is 11.5 Å². The second-order valence-electron chi connectivity index (χ2n) is 10.8. The highest BCUT2D eigenvalue weighted by molar-refractivity contribution is 5.87. The molecule has 0 unspecified atom stereocenters. The van der Waals surface area contributed by atoms with Gasteiger partial charge in [0.1, 0.15) is 6.04 Å². The molecule has 0 spiro atoms. The van der Waals surface area contributed by atoms with Gasteiger partial charge in [-0.1, -0.05) is 89.5 Å². The zero-order valence-electron chi connectivity index (χ0n) is 24.0. The summed E-state index contributed by atoms with van der Waals surface area (Å²) < 4.78 is 11.9. The summed E-state index contributed by atoms with van der Waals surface area (Å²) in [6, 6.07) is 13.6. The number of carbonyl (C=O) groups is 1. The average Bonchev–Trinajstić information content (AvgIpc) is 3.32. The fraction of sp³-hybridized carbons (Fsp3) is 0.545. The molecule has 6 nitrogen and oxygen atoms in total. The van der Waals surface area contributed by atoms with Gasteiger partial charge in [-0.2, -0.15) is 0 Å². The van der Waals surface area contributed by atoms with Gasteiger partial charge in [-0.05, 0) is 48.7 Å². The Labute approximate surface area is 233 Å². The van der Waals surface area contributed by atoms with Gasteiger partial charge in [0.2, 0.25) is 0 Å². The van der Waals surface area contributed by atoms with Crippen LogP contribution in [0.1, 0.15) is 101 Å². The first-order valence-corrected chi connectivity index (χ1v) is 15.0. The summed E-state index contributed by atoms with van der Waals surface area (Å²) >= 11 is 0. The van der Waals surface area contributed by atoms with E-state index in [4.69, 9.17) is 9.47 Å². The van der Waals surface area contributed by atoms with E-state index in [-0.39, 0.29) is 6.04 Å². The number of ether oxygens (including phenoxy) is 2. The average molecular weight is 535 g/mol. The maximum absolute atomic E-state index is 12.6. The van der Waals surface area contributed by atoms with Crippen molar-refractivity contribution in [1.82, 2.24) is 9.88 Å². The minimum atomic E-state index is -0.764. The maximum Gasteiger partial charge on any atom is 0.321 e. The molecule has 0 fully saturated rings. The summed E-state index contributed by atoms with van der Waals surface area (Å²) in [7, 11) is 1.67. The summed E-state index contributed by atoms with van der Waals surface area (Å²) in [4.78, 5) is 18.5.